The zero-order valence-corrected chi connectivity index (χ0v) is 15.6. The third-order valence-electron chi connectivity index (χ3n) is 4.70. The highest BCUT2D eigenvalue weighted by Gasteiger charge is 2.29. The number of amides is 1. The van der Waals surface area contributed by atoms with Crippen LogP contribution in [0, 0.1) is 13.8 Å². The molecule has 27 heavy (non-hydrogen) atoms. The highest BCUT2D eigenvalue weighted by molar-refractivity contribution is 5.94. The molecule has 1 aromatic carbocycles. The van der Waals surface area contributed by atoms with Crippen LogP contribution in [0.25, 0.3) is 0 Å². The fraction of sp³-hybridized carbons (Fsp3) is 0.400. The zero-order chi connectivity index (χ0) is 18.8. The van der Waals surface area contributed by atoms with Crippen molar-refractivity contribution >= 4 is 5.91 Å². The molecule has 3 aromatic rings. The Hall–Kier alpha value is -2.96. The lowest BCUT2D eigenvalue weighted by atomic mass is 10.1. The lowest BCUT2D eigenvalue weighted by molar-refractivity contribution is 0.0954. The molecule has 0 saturated heterocycles. The summed E-state index contributed by atoms with van der Waals surface area (Å²) in [6, 6.07) is 9.67. The van der Waals surface area contributed by atoms with Gasteiger partial charge in [-0.25, -0.2) is 0 Å². The molecule has 0 spiro atoms. The normalized spacial score (nSPS) is 13.7. The lowest BCUT2D eigenvalue weighted by Crippen LogP contribution is -2.26. The standard InChI is InChI=1S/C20H23N5O2/c1-13-11-14(2)25(23-13)12-15-3-5-16(6-4-15)19(26)21-10-9-18-22-20(27-24-18)17-7-8-17/h3-6,11,17H,7-10,12H2,1-2H3,(H,21,26). The SMILES string of the molecule is Cc1cc(C)n(Cc2ccc(C(=O)NCCc3noc(C4CC4)n3)cc2)n1. The van der Waals surface area contributed by atoms with Crippen molar-refractivity contribution in [3.8, 4) is 0 Å². The number of rotatable bonds is 7. The van der Waals surface area contributed by atoms with Crippen molar-refractivity contribution in [1.82, 2.24) is 25.2 Å². The number of benzene rings is 1. The van der Waals surface area contributed by atoms with Crippen LogP contribution in [0.1, 0.15) is 57.8 Å². The summed E-state index contributed by atoms with van der Waals surface area (Å²) in [4.78, 5) is 16.7. The van der Waals surface area contributed by atoms with E-state index in [1.807, 2.05) is 42.8 Å². The van der Waals surface area contributed by atoms with Gasteiger partial charge in [-0.05, 0) is 50.5 Å². The summed E-state index contributed by atoms with van der Waals surface area (Å²) in [5.41, 5.74) is 3.88. The summed E-state index contributed by atoms with van der Waals surface area (Å²) in [5, 5.41) is 11.3. The molecule has 0 aliphatic heterocycles. The molecule has 4 rings (SSSR count). The van der Waals surface area contributed by atoms with Crippen LogP contribution in [0.5, 0.6) is 0 Å². The molecule has 0 unspecified atom stereocenters. The van der Waals surface area contributed by atoms with Gasteiger partial charge in [0.05, 0.1) is 12.2 Å². The second-order valence-electron chi connectivity index (χ2n) is 7.11. The first-order valence-electron chi connectivity index (χ1n) is 9.29. The molecule has 1 saturated carbocycles. The summed E-state index contributed by atoms with van der Waals surface area (Å²) in [6.07, 6.45) is 2.83. The zero-order valence-electron chi connectivity index (χ0n) is 15.6. The minimum atomic E-state index is -0.0985. The summed E-state index contributed by atoms with van der Waals surface area (Å²) in [7, 11) is 0. The number of carbonyl (C=O) groups is 1. The van der Waals surface area contributed by atoms with Gasteiger partial charge >= 0.3 is 0 Å². The number of carbonyl (C=O) groups excluding carboxylic acids is 1. The van der Waals surface area contributed by atoms with Gasteiger partial charge in [-0.15, -0.1) is 0 Å². The number of nitrogens with zero attached hydrogens (tertiary/aromatic N) is 4. The number of hydrogen-bond acceptors (Lipinski definition) is 5. The van der Waals surface area contributed by atoms with E-state index in [0.717, 1.165) is 35.7 Å². The van der Waals surface area contributed by atoms with Gasteiger partial charge in [0.15, 0.2) is 5.82 Å². The van der Waals surface area contributed by atoms with Gasteiger partial charge in [-0.1, -0.05) is 17.3 Å². The van der Waals surface area contributed by atoms with Crippen molar-refractivity contribution < 1.29 is 9.32 Å². The van der Waals surface area contributed by atoms with Crippen molar-refractivity contribution in [2.24, 2.45) is 0 Å². The van der Waals surface area contributed by atoms with Crippen molar-refractivity contribution in [2.45, 2.75) is 45.6 Å². The van der Waals surface area contributed by atoms with Gasteiger partial charge in [0.2, 0.25) is 5.89 Å². The van der Waals surface area contributed by atoms with Crippen LogP contribution in [-0.4, -0.2) is 32.4 Å². The van der Waals surface area contributed by atoms with Gasteiger partial charge in [0.1, 0.15) is 0 Å². The average Bonchev–Trinajstić information content (AvgIpc) is 3.32. The quantitative estimate of drug-likeness (QED) is 0.696. The van der Waals surface area contributed by atoms with Crippen molar-refractivity contribution in [3.05, 3.63) is 64.6 Å². The Kier molecular flexibility index (Phi) is 4.75. The number of aromatic nitrogens is 4. The molecule has 1 amide bonds. The number of hydrogen-bond donors (Lipinski definition) is 1. The van der Waals surface area contributed by atoms with E-state index in [1.54, 1.807) is 0 Å². The van der Waals surface area contributed by atoms with Crippen molar-refractivity contribution in [3.63, 3.8) is 0 Å². The molecule has 7 heteroatoms. The maximum Gasteiger partial charge on any atom is 0.251 e. The molecule has 7 nitrogen and oxygen atoms in total. The van der Waals surface area contributed by atoms with Gasteiger partial charge in [-0.3, -0.25) is 9.48 Å². The molecular formula is C20H23N5O2. The second-order valence-corrected chi connectivity index (χ2v) is 7.11. The third kappa shape index (κ3) is 4.24. The van der Waals surface area contributed by atoms with E-state index in [0.29, 0.717) is 36.8 Å². The van der Waals surface area contributed by atoms with Gasteiger partial charge in [-0.2, -0.15) is 10.1 Å². The topological polar surface area (TPSA) is 85.8 Å². The van der Waals surface area contributed by atoms with E-state index in [-0.39, 0.29) is 5.91 Å². The average molecular weight is 365 g/mol. The lowest BCUT2D eigenvalue weighted by Gasteiger charge is -2.07. The van der Waals surface area contributed by atoms with Crippen LogP contribution in [0.15, 0.2) is 34.9 Å². The first-order chi connectivity index (χ1) is 13.1. The van der Waals surface area contributed by atoms with E-state index >= 15 is 0 Å². The summed E-state index contributed by atoms with van der Waals surface area (Å²) >= 11 is 0. The molecule has 1 aliphatic rings. The maximum atomic E-state index is 12.3. The molecule has 1 N–H and O–H groups in total. The first kappa shape index (κ1) is 17.5. The van der Waals surface area contributed by atoms with E-state index < -0.39 is 0 Å². The molecule has 1 aliphatic carbocycles. The molecule has 1 fully saturated rings. The van der Waals surface area contributed by atoms with E-state index in [1.165, 1.54) is 0 Å². The summed E-state index contributed by atoms with van der Waals surface area (Å²) < 4.78 is 7.19. The van der Waals surface area contributed by atoms with Gasteiger partial charge in [0, 0.05) is 30.1 Å². The van der Waals surface area contributed by atoms with Gasteiger partial charge in [0.25, 0.3) is 5.91 Å². The van der Waals surface area contributed by atoms with Crippen LogP contribution in [-0.2, 0) is 13.0 Å². The molecule has 0 bridgehead atoms. The minimum Gasteiger partial charge on any atom is -0.352 e. The van der Waals surface area contributed by atoms with Crippen LogP contribution in [0.4, 0.5) is 0 Å². The van der Waals surface area contributed by atoms with Crippen LogP contribution in [0.3, 0.4) is 0 Å². The van der Waals surface area contributed by atoms with E-state index in [4.69, 9.17) is 4.52 Å². The highest BCUT2D eigenvalue weighted by Crippen LogP contribution is 2.38. The Morgan fingerprint density at radius 1 is 1.26 bits per heavy atom. The summed E-state index contributed by atoms with van der Waals surface area (Å²) in [6.45, 7) is 5.20. The number of nitrogens with one attached hydrogen (secondary N) is 1. The van der Waals surface area contributed by atoms with Crippen LogP contribution < -0.4 is 5.32 Å². The predicted molar refractivity (Wildman–Crippen MR) is 99.6 cm³/mol. The predicted octanol–water partition coefficient (Wildman–Crippen LogP) is 2.78. The van der Waals surface area contributed by atoms with E-state index in [2.05, 4.69) is 26.6 Å². The Morgan fingerprint density at radius 2 is 2.04 bits per heavy atom. The highest BCUT2D eigenvalue weighted by atomic mass is 16.5. The largest absolute Gasteiger partial charge is 0.352 e. The maximum absolute atomic E-state index is 12.3. The van der Waals surface area contributed by atoms with Crippen molar-refractivity contribution in [2.75, 3.05) is 6.54 Å². The molecule has 140 valence electrons. The molecule has 0 radical (unpaired) electrons. The van der Waals surface area contributed by atoms with Crippen molar-refractivity contribution in [1.29, 1.82) is 0 Å². The van der Waals surface area contributed by atoms with Gasteiger partial charge < -0.3 is 9.84 Å². The molecule has 2 heterocycles. The Morgan fingerprint density at radius 3 is 2.70 bits per heavy atom. The Bertz CT molecular complexity index is 938. The second kappa shape index (κ2) is 7.34. The monoisotopic (exact) mass is 365 g/mol. The Labute approximate surface area is 157 Å². The fourth-order valence-electron chi connectivity index (χ4n) is 3.02. The Balaban J connectivity index is 1.28. The minimum absolute atomic E-state index is 0.0985. The molecule has 0 atom stereocenters. The molecule has 2 aromatic heterocycles. The van der Waals surface area contributed by atoms with Crippen LogP contribution in [0.2, 0.25) is 0 Å². The fourth-order valence-corrected chi connectivity index (χ4v) is 3.02. The summed E-state index contributed by atoms with van der Waals surface area (Å²) in [5.74, 6) is 1.74. The third-order valence-corrected chi connectivity index (χ3v) is 4.70. The first-order valence-corrected chi connectivity index (χ1v) is 9.29. The number of aryl methyl sites for hydroxylation is 2. The van der Waals surface area contributed by atoms with E-state index in [9.17, 15) is 4.79 Å². The van der Waals surface area contributed by atoms with Crippen LogP contribution >= 0.6 is 0 Å². The molecular weight excluding hydrogens is 342 g/mol. The smallest absolute Gasteiger partial charge is 0.251 e.